The number of rotatable bonds is 9. The number of aryl methyl sites for hydroxylation is 1. The summed E-state index contributed by atoms with van der Waals surface area (Å²) in [6.45, 7) is 2.39. The second kappa shape index (κ2) is 10.1. The van der Waals surface area contributed by atoms with Gasteiger partial charge in [-0.2, -0.15) is 13.2 Å². The van der Waals surface area contributed by atoms with Crippen LogP contribution in [0.2, 0.25) is 0 Å². The Morgan fingerprint density at radius 3 is 2.47 bits per heavy atom. The van der Waals surface area contributed by atoms with E-state index in [1.54, 1.807) is 19.1 Å². The van der Waals surface area contributed by atoms with Gasteiger partial charge < -0.3 is 14.8 Å². The van der Waals surface area contributed by atoms with Crippen molar-refractivity contribution in [1.82, 2.24) is 14.7 Å². The lowest BCUT2D eigenvalue weighted by Gasteiger charge is -2.20. The number of hydrogen-bond acceptors (Lipinski definition) is 7. The third-order valence-corrected chi connectivity index (χ3v) is 6.48. The minimum absolute atomic E-state index is 0.0841. The van der Waals surface area contributed by atoms with Crippen molar-refractivity contribution in [3.63, 3.8) is 0 Å². The van der Waals surface area contributed by atoms with Gasteiger partial charge in [-0.1, -0.05) is 0 Å². The van der Waals surface area contributed by atoms with Gasteiger partial charge in [0.25, 0.3) is 0 Å². The summed E-state index contributed by atoms with van der Waals surface area (Å²) in [6.07, 6.45) is 1.64. The van der Waals surface area contributed by atoms with E-state index in [0.717, 1.165) is 12.1 Å². The maximum atomic E-state index is 13.9. The first-order valence-electron chi connectivity index (χ1n) is 10.2. The lowest BCUT2D eigenvalue weighted by Crippen LogP contribution is -2.41. The molecule has 2 aromatic carbocycles. The van der Waals surface area contributed by atoms with Gasteiger partial charge in [-0.3, -0.25) is 0 Å². The standard InChI is InChI=1S/C21H23F4N5O4S2/c1-12-7-15(30-35(3,4)31)9-17-19(12)20(27-11-26-17)29-16-6-5-14(22)8-18(16)34-13(2)10-28-36(32,33)21(23,24)25/h5-9,11,13,28H,3,10H2,1-2,4H3,(H,30,31)(H,26,27,29)/t13-,35?/m1/s1. The molecular formula is C21H23F4N5O4S2. The zero-order chi connectivity index (χ0) is 26.9. The highest BCUT2D eigenvalue weighted by atomic mass is 32.2. The van der Waals surface area contributed by atoms with Gasteiger partial charge >= 0.3 is 15.5 Å². The van der Waals surface area contributed by atoms with Crippen molar-refractivity contribution in [2.75, 3.05) is 22.8 Å². The summed E-state index contributed by atoms with van der Waals surface area (Å²) in [4.78, 5) is 8.46. The monoisotopic (exact) mass is 549 g/mol. The van der Waals surface area contributed by atoms with E-state index in [1.165, 1.54) is 30.3 Å². The molecule has 3 rings (SSSR count). The largest absolute Gasteiger partial charge is 0.511 e. The fraction of sp³-hybridized carbons (Fsp3) is 0.286. The van der Waals surface area contributed by atoms with Gasteiger partial charge in [0.15, 0.2) is 0 Å². The molecule has 0 fully saturated rings. The molecule has 0 bridgehead atoms. The zero-order valence-corrected chi connectivity index (χ0v) is 20.9. The van der Waals surface area contributed by atoms with Crippen LogP contribution in [0.1, 0.15) is 12.5 Å². The summed E-state index contributed by atoms with van der Waals surface area (Å²) in [7, 11) is -8.09. The quantitative estimate of drug-likeness (QED) is 0.275. The van der Waals surface area contributed by atoms with Crippen LogP contribution in [0.3, 0.4) is 0 Å². The molecule has 0 aliphatic carbocycles. The van der Waals surface area contributed by atoms with Gasteiger partial charge in [0.1, 0.15) is 29.8 Å². The molecule has 1 aromatic heterocycles. The first-order valence-corrected chi connectivity index (χ1v) is 13.8. The Balaban J connectivity index is 1.89. The molecule has 0 saturated carbocycles. The molecule has 0 spiro atoms. The third kappa shape index (κ3) is 6.73. The summed E-state index contributed by atoms with van der Waals surface area (Å²) < 4.78 is 95.8. The smallest absolute Gasteiger partial charge is 0.487 e. The summed E-state index contributed by atoms with van der Waals surface area (Å²) >= 11 is 0. The average Bonchev–Trinajstić information content (AvgIpc) is 2.72. The molecule has 9 nitrogen and oxygen atoms in total. The minimum Gasteiger partial charge on any atom is -0.487 e. The first-order chi connectivity index (χ1) is 16.6. The van der Waals surface area contributed by atoms with Gasteiger partial charge in [-0.25, -0.2) is 31.7 Å². The Kier molecular flexibility index (Phi) is 7.66. The molecule has 36 heavy (non-hydrogen) atoms. The molecule has 3 N–H and O–H groups in total. The van der Waals surface area contributed by atoms with Crippen molar-refractivity contribution in [2.45, 2.75) is 25.5 Å². The van der Waals surface area contributed by atoms with Crippen molar-refractivity contribution < 1.29 is 34.9 Å². The average molecular weight is 550 g/mol. The van der Waals surface area contributed by atoms with E-state index < -0.39 is 43.7 Å². The third-order valence-electron chi connectivity index (χ3n) is 4.66. The minimum atomic E-state index is -5.56. The fourth-order valence-electron chi connectivity index (χ4n) is 3.19. The van der Waals surface area contributed by atoms with E-state index in [1.807, 2.05) is 0 Å². The predicted molar refractivity (Wildman–Crippen MR) is 132 cm³/mol. The van der Waals surface area contributed by atoms with E-state index in [9.17, 15) is 30.2 Å². The van der Waals surface area contributed by atoms with Gasteiger partial charge in [-0.15, -0.1) is 0 Å². The summed E-state index contributed by atoms with van der Waals surface area (Å²) in [5, 5.41) is 3.60. The van der Waals surface area contributed by atoms with Crippen molar-refractivity contribution >= 4 is 53.7 Å². The maximum absolute atomic E-state index is 13.9. The number of sulfonamides is 1. The van der Waals surface area contributed by atoms with Crippen molar-refractivity contribution in [1.29, 1.82) is 0 Å². The molecular weight excluding hydrogens is 526 g/mol. The number of alkyl halides is 3. The Hall–Kier alpha value is -3.17. The highest BCUT2D eigenvalue weighted by Crippen LogP contribution is 2.33. The highest BCUT2D eigenvalue weighted by molar-refractivity contribution is 8.00. The molecule has 0 saturated heterocycles. The van der Waals surface area contributed by atoms with Crippen molar-refractivity contribution in [3.05, 3.63) is 48.0 Å². The topological polar surface area (TPSA) is 122 Å². The Morgan fingerprint density at radius 1 is 1.14 bits per heavy atom. The number of aromatic nitrogens is 2. The molecule has 0 amide bonds. The SMILES string of the molecule is C=S(C)(=O)Nc1cc(C)c2c(Nc3ccc(F)cc3O[C@H](C)CNS(=O)(=O)C(F)(F)F)ncnc2c1. The molecule has 196 valence electrons. The van der Waals surface area contributed by atoms with E-state index >= 15 is 0 Å². The normalized spacial score (nSPS) is 14.8. The molecule has 2 atom stereocenters. The van der Waals surface area contributed by atoms with Crippen LogP contribution in [0.4, 0.5) is 34.8 Å². The Labute approximate surface area is 205 Å². The zero-order valence-electron chi connectivity index (χ0n) is 19.3. The van der Waals surface area contributed by atoms with E-state index in [-0.39, 0.29) is 11.4 Å². The van der Waals surface area contributed by atoms with Crippen LogP contribution in [0.25, 0.3) is 10.9 Å². The van der Waals surface area contributed by atoms with Gasteiger partial charge in [0.05, 0.1) is 11.2 Å². The Morgan fingerprint density at radius 2 is 1.83 bits per heavy atom. The first kappa shape index (κ1) is 27.4. The lowest BCUT2D eigenvalue weighted by atomic mass is 10.1. The van der Waals surface area contributed by atoms with Gasteiger partial charge in [0, 0.05) is 39.6 Å². The number of nitrogens with zero attached hydrogens (tertiary/aromatic N) is 2. The maximum Gasteiger partial charge on any atom is 0.511 e. The predicted octanol–water partition coefficient (Wildman–Crippen LogP) is 3.70. The molecule has 3 aromatic rings. The van der Waals surface area contributed by atoms with Crippen LogP contribution in [0, 0.1) is 12.7 Å². The number of nitrogens with one attached hydrogen (secondary N) is 3. The van der Waals surface area contributed by atoms with Crippen LogP contribution in [-0.2, 0) is 19.7 Å². The van der Waals surface area contributed by atoms with Crippen LogP contribution in [0.5, 0.6) is 5.75 Å². The van der Waals surface area contributed by atoms with E-state index in [0.29, 0.717) is 28.0 Å². The second-order valence-electron chi connectivity index (χ2n) is 8.01. The molecule has 0 aliphatic heterocycles. The molecule has 0 radical (unpaired) electrons. The van der Waals surface area contributed by atoms with Crippen LogP contribution in [-0.4, -0.2) is 52.9 Å². The molecule has 1 unspecified atom stereocenters. The van der Waals surface area contributed by atoms with Crippen molar-refractivity contribution in [3.8, 4) is 5.75 Å². The molecule has 1 heterocycles. The second-order valence-corrected chi connectivity index (χ2v) is 12.0. The number of hydrogen-bond donors (Lipinski definition) is 3. The summed E-state index contributed by atoms with van der Waals surface area (Å²) in [5.41, 5.74) is -3.51. The van der Waals surface area contributed by atoms with Gasteiger partial charge in [-0.05, 0) is 49.5 Å². The fourth-order valence-corrected chi connectivity index (χ4v) is 4.42. The van der Waals surface area contributed by atoms with E-state index in [4.69, 9.17) is 4.74 Å². The number of ether oxygens (including phenoxy) is 1. The lowest BCUT2D eigenvalue weighted by molar-refractivity contribution is -0.0449. The van der Waals surface area contributed by atoms with Crippen LogP contribution in [0.15, 0.2) is 36.7 Å². The summed E-state index contributed by atoms with van der Waals surface area (Å²) in [6, 6.07) is 6.85. The highest BCUT2D eigenvalue weighted by Gasteiger charge is 2.45. The number of anilines is 3. The number of halogens is 4. The number of fused-ring (bicyclic) bond motifs is 1. The van der Waals surface area contributed by atoms with Gasteiger partial charge in [0.2, 0.25) is 0 Å². The van der Waals surface area contributed by atoms with E-state index in [2.05, 4.69) is 25.9 Å². The Bertz CT molecular complexity index is 1500. The van der Waals surface area contributed by atoms with Crippen LogP contribution >= 0.6 is 0 Å². The van der Waals surface area contributed by atoms with Crippen LogP contribution < -0.4 is 19.5 Å². The van der Waals surface area contributed by atoms with Crippen molar-refractivity contribution in [2.24, 2.45) is 0 Å². The molecule has 15 heteroatoms. The summed E-state index contributed by atoms with van der Waals surface area (Å²) in [5.74, 6) is 3.11. The molecule has 0 aliphatic rings. The number of benzene rings is 2.